The first-order valence-corrected chi connectivity index (χ1v) is 14.1. The minimum absolute atomic E-state index is 0.0533. The maximum atomic E-state index is 16.1. The highest BCUT2D eigenvalue weighted by molar-refractivity contribution is 6.90. The van der Waals surface area contributed by atoms with Gasteiger partial charge in [0.25, 0.3) is 5.92 Å². The van der Waals surface area contributed by atoms with E-state index in [2.05, 4.69) is 41.5 Å². The van der Waals surface area contributed by atoms with Gasteiger partial charge >= 0.3 is 11.9 Å². The lowest BCUT2D eigenvalue weighted by molar-refractivity contribution is -0.169. The highest BCUT2D eigenvalue weighted by Gasteiger charge is 2.65. The van der Waals surface area contributed by atoms with Crippen LogP contribution < -0.4 is 0 Å². The van der Waals surface area contributed by atoms with E-state index in [0.717, 1.165) is 0 Å². The van der Waals surface area contributed by atoms with E-state index in [1.54, 1.807) is 30.3 Å². The van der Waals surface area contributed by atoms with Gasteiger partial charge in [0.1, 0.15) is 0 Å². The van der Waals surface area contributed by atoms with Crippen LogP contribution in [-0.4, -0.2) is 40.2 Å². The van der Waals surface area contributed by atoms with E-state index < -0.39 is 31.4 Å². The standard InChI is InChI=1S/C27H36F2O4Si/c1-16(2)34(17(3)4,18(5)6)21-15-26(24(30)32-7,25(31)33-8)14-20-22(27(28,29)23(20)21)19-12-10-9-11-13-19/h9-13,16-18H,14-15H2,1-8H3. The van der Waals surface area contributed by atoms with Gasteiger partial charge in [-0.25, -0.2) is 0 Å². The molecule has 0 unspecified atom stereocenters. The summed E-state index contributed by atoms with van der Waals surface area (Å²) in [5.74, 6) is -4.61. The molecule has 0 fully saturated rings. The number of alkyl halides is 2. The van der Waals surface area contributed by atoms with Crippen LogP contribution in [0.3, 0.4) is 0 Å². The van der Waals surface area contributed by atoms with Gasteiger partial charge < -0.3 is 9.47 Å². The number of allylic oxidation sites excluding steroid dienone is 4. The van der Waals surface area contributed by atoms with E-state index in [9.17, 15) is 9.59 Å². The smallest absolute Gasteiger partial charge is 0.323 e. The first-order valence-electron chi connectivity index (χ1n) is 11.9. The molecule has 1 aromatic rings. The summed E-state index contributed by atoms with van der Waals surface area (Å²) >= 11 is 0. The summed E-state index contributed by atoms with van der Waals surface area (Å²) in [6.45, 7) is 12.5. The van der Waals surface area contributed by atoms with Gasteiger partial charge in [-0.3, -0.25) is 9.59 Å². The number of benzene rings is 1. The molecule has 0 atom stereocenters. The van der Waals surface area contributed by atoms with Crippen molar-refractivity contribution in [3.63, 3.8) is 0 Å². The third-order valence-electron chi connectivity index (χ3n) is 8.09. The van der Waals surface area contributed by atoms with Gasteiger partial charge in [-0.05, 0) is 34.2 Å². The summed E-state index contributed by atoms with van der Waals surface area (Å²) in [5.41, 5.74) is -0.550. The molecule has 34 heavy (non-hydrogen) atoms. The van der Waals surface area contributed by atoms with Crippen LogP contribution in [0.4, 0.5) is 8.78 Å². The Kier molecular flexibility index (Phi) is 7.01. The second-order valence-electron chi connectivity index (χ2n) is 10.5. The first kappa shape index (κ1) is 26.3. The fourth-order valence-corrected chi connectivity index (χ4v) is 14.4. The zero-order chi connectivity index (χ0) is 25.6. The highest BCUT2D eigenvalue weighted by Crippen LogP contribution is 2.65. The normalized spacial score (nSPS) is 19.3. The van der Waals surface area contributed by atoms with Crippen LogP contribution in [0.15, 0.2) is 46.7 Å². The Labute approximate surface area is 202 Å². The van der Waals surface area contributed by atoms with Crippen molar-refractivity contribution in [2.24, 2.45) is 5.41 Å². The molecule has 0 bridgehead atoms. The number of hydrogen-bond acceptors (Lipinski definition) is 4. The molecular formula is C27H36F2O4Si. The summed E-state index contributed by atoms with van der Waals surface area (Å²) in [6.07, 6.45) is -0.229. The number of ether oxygens (including phenoxy) is 2. The molecule has 4 nitrogen and oxygen atoms in total. The number of halogens is 2. The van der Waals surface area contributed by atoms with Gasteiger partial charge in [-0.2, -0.15) is 8.78 Å². The number of esters is 2. The molecule has 0 saturated heterocycles. The van der Waals surface area contributed by atoms with E-state index in [1.807, 2.05) is 0 Å². The van der Waals surface area contributed by atoms with Crippen molar-refractivity contribution in [3.05, 3.63) is 52.2 Å². The molecule has 186 valence electrons. The van der Waals surface area contributed by atoms with Gasteiger partial charge in [-0.1, -0.05) is 77.1 Å². The van der Waals surface area contributed by atoms with Crippen LogP contribution in [0, 0.1) is 5.41 Å². The predicted octanol–water partition coefficient (Wildman–Crippen LogP) is 6.73. The summed E-state index contributed by atoms with van der Waals surface area (Å²) < 4.78 is 42.4. The fourth-order valence-electron chi connectivity index (χ4n) is 7.01. The number of fused-ring (bicyclic) bond motifs is 1. The second-order valence-corrected chi connectivity index (χ2v) is 16.4. The maximum absolute atomic E-state index is 16.1. The lowest BCUT2D eigenvalue weighted by Gasteiger charge is -2.54. The van der Waals surface area contributed by atoms with Crippen LogP contribution in [0.1, 0.15) is 59.9 Å². The zero-order valence-electron chi connectivity index (χ0n) is 21.4. The lowest BCUT2D eigenvalue weighted by Crippen LogP contribution is -2.56. The van der Waals surface area contributed by atoms with Gasteiger partial charge in [-0.15, -0.1) is 0 Å². The molecule has 0 saturated carbocycles. The number of carbonyl (C=O) groups excluding carboxylic acids is 2. The number of methoxy groups -OCH3 is 2. The Hall–Kier alpha value is -2.28. The van der Waals surface area contributed by atoms with E-state index in [0.29, 0.717) is 16.3 Å². The minimum Gasteiger partial charge on any atom is -0.468 e. The topological polar surface area (TPSA) is 52.6 Å². The molecule has 0 heterocycles. The average molecular weight is 491 g/mol. The van der Waals surface area contributed by atoms with E-state index in [1.165, 1.54) is 14.2 Å². The van der Waals surface area contributed by atoms with Crippen molar-refractivity contribution in [3.8, 4) is 0 Å². The van der Waals surface area contributed by atoms with Gasteiger partial charge in [0.15, 0.2) is 5.41 Å². The SMILES string of the molecule is COC(=O)C1(C(=O)OC)CC2=C(c3ccccc3)C(F)(F)C2=C([Si](C(C)C)(C(C)C)C(C)C)C1. The number of hydrogen-bond donors (Lipinski definition) is 0. The molecule has 1 aromatic carbocycles. The van der Waals surface area contributed by atoms with Crippen LogP contribution in [0.2, 0.25) is 16.6 Å². The summed E-state index contributed by atoms with van der Waals surface area (Å²) in [4.78, 5) is 26.4. The zero-order valence-corrected chi connectivity index (χ0v) is 22.4. The monoisotopic (exact) mass is 490 g/mol. The molecule has 0 aromatic heterocycles. The number of carbonyl (C=O) groups is 2. The predicted molar refractivity (Wildman–Crippen MR) is 132 cm³/mol. The lowest BCUT2D eigenvalue weighted by atomic mass is 9.62. The van der Waals surface area contributed by atoms with E-state index >= 15 is 8.78 Å². The molecule has 3 rings (SSSR count). The molecule has 2 aliphatic carbocycles. The summed E-state index contributed by atoms with van der Waals surface area (Å²) in [5, 5.41) is 0.620. The Balaban J connectivity index is 2.47. The van der Waals surface area contributed by atoms with Gasteiger partial charge in [0.05, 0.1) is 22.3 Å². The van der Waals surface area contributed by atoms with Crippen LogP contribution in [0.25, 0.3) is 5.57 Å². The molecule has 2 aliphatic rings. The maximum Gasteiger partial charge on any atom is 0.323 e. The van der Waals surface area contributed by atoms with Crippen molar-refractivity contribution in [2.45, 2.75) is 76.9 Å². The van der Waals surface area contributed by atoms with Crippen molar-refractivity contribution < 1.29 is 27.8 Å². The number of rotatable bonds is 7. The molecule has 0 radical (unpaired) electrons. The Morgan fingerprint density at radius 3 is 1.71 bits per heavy atom. The molecule has 0 amide bonds. The van der Waals surface area contributed by atoms with Crippen LogP contribution >= 0.6 is 0 Å². The van der Waals surface area contributed by atoms with Crippen molar-refractivity contribution in [1.29, 1.82) is 0 Å². The minimum atomic E-state index is -3.15. The van der Waals surface area contributed by atoms with Gasteiger partial charge in [0, 0.05) is 17.6 Å². The summed E-state index contributed by atoms with van der Waals surface area (Å²) in [7, 11) is -0.200. The van der Waals surface area contributed by atoms with Crippen LogP contribution in [-0.2, 0) is 19.1 Å². The first-order chi connectivity index (χ1) is 15.8. The van der Waals surface area contributed by atoms with E-state index in [-0.39, 0.29) is 40.6 Å². The Bertz CT molecular complexity index is 1000. The third-order valence-corrected chi connectivity index (χ3v) is 15.3. The highest BCUT2D eigenvalue weighted by atomic mass is 28.3. The third kappa shape index (κ3) is 3.50. The Morgan fingerprint density at radius 2 is 1.29 bits per heavy atom. The van der Waals surface area contributed by atoms with Gasteiger partial charge in [0.2, 0.25) is 0 Å². The molecule has 0 spiro atoms. The quantitative estimate of drug-likeness (QED) is 0.242. The second kappa shape index (κ2) is 9.06. The van der Waals surface area contributed by atoms with E-state index in [4.69, 9.17) is 9.47 Å². The largest absolute Gasteiger partial charge is 0.468 e. The van der Waals surface area contributed by atoms with Crippen molar-refractivity contribution in [2.75, 3.05) is 14.2 Å². The van der Waals surface area contributed by atoms with Crippen molar-refractivity contribution in [1.82, 2.24) is 0 Å². The summed E-state index contributed by atoms with van der Waals surface area (Å²) in [6, 6.07) is 8.51. The Morgan fingerprint density at radius 1 is 0.824 bits per heavy atom. The molecule has 0 aliphatic heterocycles. The fraction of sp³-hybridized carbons (Fsp3) is 0.556. The van der Waals surface area contributed by atoms with Crippen molar-refractivity contribution >= 4 is 25.6 Å². The van der Waals surface area contributed by atoms with Crippen LogP contribution in [0.5, 0.6) is 0 Å². The average Bonchev–Trinajstić information content (AvgIpc) is 2.77. The molecule has 0 N–H and O–H groups in total. The molecule has 7 heteroatoms. The molecular weight excluding hydrogens is 454 g/mol.